The van der Waals surface area contributed by atoms with E-state index in [1.807, 2.05) is 26.0 Å². The minimum atomic E-state index is 0.275. The van der Waals surface area contributed by atoms with Crippen LogP contribution in [0.15, 0.2) is 11.6 Å². The molecule has 0 radical (unpaired) electrons. The maximum Gasteiger partial charge on any atom is 0.185 e. The number of rotatable bonds is 3. The van der Waals surface area contributed by atoms with Gasteiger partial charge in [-0.05, 0) is 13.8 Å². The number of thiazole rings is 1. The SMILES string of the molecule is CC(C)=CCNc1nc(Cl)c(C#N)s1. The van der Waals surface area contributed by atoms with Gasteiger partial charge in [0.1, 0.15) is 10.9 Å². The van der Waals surface area contributed by atoms with Gasteiger partial charge in [-0.25, -0.2) is 4.98 Å². The van der Waals surface area contributed by atoms with E-state index in [0.717, 1.165) is 0 Å². The summed E-state index contributed by atoms with van der Waals surface area (Å²) >= 11 is 6.97. The third kappa shape index (κ3) is 3.02. The number of nitrogens with one attached hydrogen (secondary N) is 1. The predicted molar refractivity (Wildman–Crippen MR) is 59.8 cm³/mol. The van der Waals surface area contributed by atoms with Crippen molar-refractivity contribution in [3.8, 4) is 6.07 Å². The number of aromatic nitrogens is 1. The van der Waals surface area contributed by atoms with Gasteiger partial charge in [-0.1, -0.05) is 34.6 Å². The highest BCUT2D eigenvalue weighted by Crippen LogP contribution is 2.25. The van der Waals surface area contributed by atoms with Gasteiger partial charge in [0, 0.05) is 6.54 Å². The molecule has 0 atom stereocenters. The molecule has 0 aliphatic carbocycles. The molecule has 0 saturated carbocycles. The maximum atomic E-state index is 8.64. The van der Waals surface area contributed by atoms with Gasteiger partial charge in [0.25, 0.3) is 0 Å². The van der Waals surface area contributed by atoms with Crippen LogP contribution < -0.4 is 5.32 Å². The molecular formula is C9H10ClN3S. The molecule has 1 N–H and O–H groups in total. The number of halogens is 1. The van der Waals surface area contributed by atoms with Crippen molar-refractivity contribution in [2.45, 2.75) is 13.8 Å². The van der Waals surface area contributed by atoms with E-state index >= 15 is 0 Å². The molecule has 14 heavy (non-hydrogen) atoms. The number of hydrogen-bond donors (Lipinski definition) is 1. The molecule has 1 heterocycles. The highest BCUT2D eigenvalue weighted by atomic mass is 35.5. The number of allylic oxidation sites excluding steroid dienone is 1. The van der Waals surface area contributed by atoms with Crippen LogP contribution in [0.2, 0.25) is 5.15 Å². The average molecular weight is 228 g/mol. The highest BCUT2D eigenvalue weighted by molar-refractivity contribution is 7.16. The zero-order valence-corrected chi connectivity index (χ0v) is 9.54. The van der Waals surface area contributed by atoms with Crippen LogP contribution in [0.3, 0.4) is 0 Å². The molecule has 0 bridgehead atoms. The van der Waals surface area contributed by atoms with Crippen molar-refractivity contribution in [3.05, 3.63) is 21.7 Å². The fraction of sp³-hybridized carbons (Fsp3) is 0.333. The van der Waals surface area contributed by atoms with E-state index in [4.69, 9.17) is 16.9 Å². The fourth-order valence-corrected chi connectivity index (χ4v) is 1.74. The van der Waals surface area contributed by atoms with Crippen molar-refractivity contribution in [1.29, 1.82) is 5.26 Å². The first kappa shape index (κ1) is 11.0. The lowest BCUT2D eigenvalue weighted by atomic mass is 10.3. The molecule has 5 heteroatoms. The lowest BCUT2D eigenvalue weighted by Crippen LogP contribution is -1.97. The summed E-state index contributed by atoms with van der Waals surface area (Å²) in [6.07, 6.45) is 2.04. The van der Waals surface area contributed by atoms with Crippen LogP contribution in [-0.2, 0) is 0 Å². The molecule has 0 spiro atoms. The van der Waals surface area contributed by atoms with Crippen molar-refractivity contribution >= 4 is 28.1 Å². The Morgan fingerprint density at radius 3 is 2.93 bits per heavy atom. The number of nitrogens with zero attached hydrogens (tertiary/aromatic N) is 2. The Morgan fingerprint density at radius 1 is 1.71 bits per heavy atom. The minimum absolute atomic E-state index is 0.275. The summed E-state index contributed by atoms with van der Waals surface area (Å²) < 4.78 is 0. The molecule has 0 saturated heterocycles. The second kappa shape index (κ2) is 4.99. The summed E-state index contributed by atoms with van der Waals surface area (Å²) in [7, 11) is 0. The van der Waals surface area contributed by atoms with Crippen LogP contribution in [-0.4, -0.2) is 11.5 Å². The molecular weight excluding hydrogens is 218 g/mol. The monoisotopic (exact) mass is 227 g/mol. The van der Waals surface area contributed by atoms with Crippen LogP contribution in [0, 0.1) is 11.3 Å². The Bertz CT molecular complexity index is 385. The molecule has 0 amide bonds. The Morgan fingerprint density at radius 2 is 2.43 bits per heavy atom. The Hall–Kier alpha value is -1.05. The highest BCUT2D eigenvalue weighted by Gasteiger charge is 2.06. The molecule has 0 aromatic carbocycles. The van der Waals surface area contributed by atoms with Gasteiger partial charge >= 0.3 is 0 Å². The van der Waals surface area contributed by atoms with Gasteiger partial charge in [0.05, 0.1) is 0 Å². The molecule has 0 aliphatic rings. The first-order chi connectivity index (χ1) is 6.63. The van der Waals surface area contributed by atoms with Crippen LogP contribution in [0.4, 0.5) is 5.13 Å². The summed E-state index contributed by atoms with van der Waals surface area (Å²) in [6, 6.07) is 1.98. The lowest BCUT2D eigenvalue weighted by Gasteiger charge is -1.96. The second-order valence-corrected chi connectivity index (χ2v) is 4.27. The normalized spacial score (nSPS) is 9.29. The summed E-state index contributed by atoms with van der Waals surface area (Å²) in [5, 5.41) is 12.7. The van der Waals surface area contributed by atoms with E-state index in [-0.39, 0.29) is 5.15 Å². The maximum absolute atomic E-state index is 8.64. The topological polar surface area (TPSA) is 48.7 Å². The summed E-state index contributed by atoms with van der Waals surface area (Å²) in [4.78, 5) is 4.45. The van der Waals surface area contributed by atoms with Crippen LogP contribution in [0.5, 0.6) is 0 Å². The summed E-state index contributed by atoms with van der Waals surface area (Å²) in [6.45, 7) is 4.76. The molecule has 3 nitrogen and oxygen atoms in total. The molecule has 0 fully saturated rings. The van der Waals surface area contributed by atoms with Gasteiger partial charge < -0.3 is 5.32 Å². The van der Waals surface area contributed by atoms with Gasteiger partial charge in [0.15, 0.2) is 10.3 Å². The first-order valence-electron chi connectivity index (χ1n) is 4.07. The number of anilines is 1. The van der Waals surface area contributed by atoms with E-state index in [2.05, 4.69) is 10.3 Å². The van der Waals surface area contributed by atoms with Gasteiger partial charge in [-0.2, -0.15) is 5.26 Å². The fourth-order valence-electron chi connectivity index (χ4n) is 0.789. The van der Waals surface area contributed by atoms with Crippen molar-refractivity contribution in [3.63, 3.8) is 0 Å². The van der Waals surface area contributed by atoms with Crippen molar-refractivity contribution in [1.82, 2.24) is 4.98 Å². The van der Waals surface area contributed by atoms with Gasteiger partial charge in [0.2, 0.25) is 0 Å². The molecule has 1 aromatic heterocycles. The molecule has 1 aromatic rings. The predicted octanol–water partition coefficient (Wildman–Crippen LogP) is 3.05. The van der Waals surface area contributed by atoms with Gasteiger partial charge in [-0.3, -0.25) is 0 Å². The number of hydrogen-bond acceptors (Lipinski definition) is 4. The van der Waals surface area contributed by atoms with Crippen LogP contribution in [0.25, 0.3) is 0 Å². The molecule has 74 valence electrons. The standard InChI is InChI=1S/C9H10ClN3S/c1-6(2)3-4-12-9-13-8(10)7(5-11)14-9/h3H,4H2,1-2H3,(H,12,13). The first-order valence-corrected chi connectivity index (χ1v) is 5.26. The quantitative estimate of drug-likeness (QED) is 0.808. The Kier molecular flexibility index (Phi) is 3.93. The Labute approximate surface area is 92.0 Å². The molecule has 0 unspecified atom stereocenters. The van der Waals surface area contributed by atoms with E-state index in [1.165, 1.54) is 16.9 Å². The van der Waals surface area contributed by atoms with Gasteiger partial charge in [-0.15, -0.1) is 0 Å². The average Bonchev–Trinajstić information content (AvgIpc) is 2.45. The second-order valence-electron chi connectivity index (χ2n) is 2.91. The number of nitriles is 1. The van der Waals surface area contributed by atoms with E-state index < -0.39 is 0 Å². The third-order valence-corrected chi connectivity index (χ3v) is 2.75. The van der Waals surface area contributed by atoms with Crippen molar-refractivity contribution < 1.29 is 0 Å². The molecule has 0 aliphatic heterocycles. The van der Waals surface area contributed by atoms with E-state index in [0.29, 0.717) is 16.6 Å². The van der Waals surface area contributed by atoms with Crippen molar-refractivity contribution in [2.24, 2.45) is 0 Å². The van der Waals surface area contributed by atoms with E-state index in [9.17, 15) is 0 Å². The van der Waals surface area contributed by atoms with Crippen LogP contribution >= 0.6 is 22.9 Å². The summed E-state index contributed by atoms with van der Waals surface area (Å²) in [5.74, 6) is 0. The van der Waals surface area contributed by atoms with Crippen LogP contribution in [0.1, 0.15) is 18.7 Å². The summed E-state index contributed by atoms with van der Waals surface area (Å²) in [5.41, 5.74) is 1.24. The smallest absolute Gasteiger partial charge is 0.185 e. The van der Waals surface area contributed by atoms with E-state index in [1.54, 1.807) is 0 Å². The Balaban J connectivity index is 2.61. The molecule has 1 rings (SSSR count). The lowest BCUT2D eigenvalue weighted by molar-refractivity contribution is 1.24. The minimum Gasteiger partial charge on any atom is -0.358 e. The third-order valence-electron chi connectivity index (χ3n) is 1.45. The zero-order valence-electron chi connectivity index (χ0n) is 7.97. The largest absolute Gasteiger partial charge is 0.358 e. The zero-order chi connectivity index (χ0) is 10.6. The van der Waals surface area contributed by atoms with Crippen molar-refractivity contribution in [2.75, 3.05) is 11.9 Å².